The van der Waals surface area contributed by atoms with Crippen LogP contribution in [0.15, 0.2) is 158 Å². The molecule has 338 valence electrons. The number of nitrogens with zero attached hydrogens (tertiary/aromatic N) is 4. The van der Waals surface area contributed by atoms with E-state index in [2.05, 4.69) is 97.5 Å². The van der Waals surface area contributed by atoms with Gasteiger partial charge in [-0.25, -0.2) is 4.98 Å². The molecule has 0 bridgehead atoms. The molecule has 0 N–H and O–H groups in total. The van der Waals surface area contributed by atoms with Gasteiger partial charge in [-0.2, -0.15) is 18.2 Å². The monoisotopic (exact) mass is 1070 g/mol. The van der Waals surface area contributed by atoms with Crippen molar-refractivity contribution in [1.29, 1.82) is 0 Å². The van der Waals surface area contributed by atoms with Gasteiger partial charge in [0.2, 0.25) is 0 Å². The number of aryl methyl sites for hydroxylation is 1. The number of aromatic nitrogens is 4. The largest absolute Gasteiger partial charge is 0.510 e. The zero-order valence-electron chi connectivity index (χ0n) is 51.8. The van der Waals surface area contributed by atoms with Gasteiger partial charge in [0.05, 0.1) is 30.4 Å². The van der Waals surface area contributed by atoms with Crippen molar-refractivity contribution in [2.75, 3.05) is 0 Å². The topological polar surface area (TPSA) is 35.9 Å². The van der Waals surface area contributed by atoms with Crippen molar-refractivity contribution >= 4 is 32.8 Å². The quantitative estimate of drug-likeness (QED) is 0.118. The maximum Gasteiger partial charge on any atom is 0.268 e. The minimum atomic E-state index is -2.79. The van der Waals surface area contributed by atoms with Crippen LogP contribution in [0.2, 0.25) is 0 Å². The fourth-order valence-corrected chi connectivity index (χ4v) is 8.52. The zero-order chi connectivity index (χ0) is 57.3. The van der Waals surface area contributed by atoms with Crippen molar-refractivity contribution in [1.82, 2.24) is 14.1 Å². The van der Waals surface area contributed by atoms with E-state index in [1.165, 1.54) is 17.8 Å². The van der Waals surface area contributed by atoms with Gasteiger partial charge in [-0.05, 0) is 91.3 Å². The average molecular weight is 1070 g/mol. The molecule has 10 aromatic rings. The van der Waals surface area contributed by atoms with Gasteiger partial charge in [-0.1, -0.05) is 171 Å². The zero-order valence-corrected chi connectivity index (χ0v) is 41.0. The summed E-state index contributed by atoms with van der Waals surface area (Å²) in [5.74, 6) is 0.754. The molecular formula is C61H56N4OPt-2. The Kier molecular flexibility index (Phi) is 8.30. The van der Waals surface area contributed by atoms with E-state index in [1.807, 2.05) is 59.2 Å². The van der Waals surface area contributed by atoms with E-state index in [-0.39, 0.29) is 83.2 Å². The first-order valence-electron chi connectivity index (χ1n) is 28.4. The number of benzene rings is 7. The van der Waals surface area contributed by atoms with Crippen molar-refractivity contribution < 1.29 is 48.2 Å². The van der Waals surface area contributed by atoms with Gasteiger partial charge in [0.15, 0.2) is 0 Å². The van der Waals surface area contributed by atoms with Gasteiger partial charge in [0, 0.05) is 54.0 Å². The third-order valence-electron chi connectivity index (χ3n) is 11.9. The standard InChI is InChI=1S/C61H56N4O.Pt/c1-40-32-57(62-38-50(40)42-22-15-12-16-23-42)65-53-27-18-17-26-48(53)49-30-29-47(37-55(49)65)66-46-25-19-24-45(36-46)63-39-64(54-31-28-43(33-56(54)63)41-20-13-11-14-21-41)58-51(60(5,6)7)34-44(59(2,3)4)35-52(58)61(8,9)10;/h11-35,38H,1-10H3;/q-2;/i1D3,11D,12D,13D,14D,15D,16D,20D,21D,22D,23D;. The first kappa shape index (κ1) is 32.2. The van der Waals surface area contributed by atoms with Crippen LogP contribution in [0, 0.1) is 25.3 Å². The van der Waals surface area contributed by atoms with Crippen LogP contribution in [0.3, 0.4) is 0 Å². The number of hydrogen-bond donors (Lipinski definition) is 0. The normalized spacial score (nSPS) is 15.1. The second-order valence-corrected chi connectivity index (χ2v) is 19.7. The Balaban J connectivity index is 0.00000774. The Morgan fingerprint density at radius 3 is 1.97 bits per heavy atom. The number of rotatable bonds is 7. The Morgan fingerprint density at radius 1 is 0.627 bits per heavy atom. The van der Waals surface area contributed by atoms with Gasteiger partial charge in [-0.15, -0.1) is 29.7 Å². The Bertz CT molecular complexity index is 4090. The Morgan fingerprint density at radius 2 is 1.30 bits per heavy atom. The van der Waals surface area contributed by atoms with Gasteiger partial charge in [0.1, 0.15) is 5.82 Å². The predicted octanol–water partition coefficient (Wildman–Crippen LogP) is 15.1. The molecule has 0 aliphatic rings. The van der Waals surface area contributed by atoms with Crippen LogP contribution in [0.25, 0.3) is 72.3 Å². The maximum atomic E-state index is 8.91. The molecule has 0 aliphatic carbocycles. The number of imidazole rings is 1. The Labute approximate surface area is 428 Å². The van der Waals surface area contributed by atoms with Crippen LogP contribution in [-0.4, -0.2) is 14.1 Å². The van der Waals surface area contributed by atoms with E-state index in [1.54, 1.807) is 22.8 Å². The van der Waals surface area contributed by atoms with Crippen molar-refractivity contribution in [3.8, 4) is 50.9 Å². The molecule has 5 nitrogen and oxygen atoms in total. The minimum absolute atomic E-state index is 0. The summed E-state index contributed by atoms with van der Waals surface area (Å²) in [6.07, 6.45) is 4.92. The number of fused-ring (bicyclic) bond motifs is 4. The van der Waals surface area contributed by atoms with Gasteiger partial charge < -0.3 is 13.9 Å². The summed E-state index contributed by atoms with van der Waals surface area (Å²) in [6, 6.07) is 30.0. The second kappa shape index (κ2) is 17.3. The van der Waals surface area contributed by atoms with Gasteiger partial charge in [-0.3, -0.25) is 4.57 Å². The van der Waals surface area contributed by atoms with Crippen molar-refractivity contribution in [2.45, 2.75) is 85.4 Å². The molecule has 0 spiro atoms. The molecule has 10 rings (SSSR count). The number of para-hydroxylation sites is 1. The number of hydrogen-bond acceptors (Lipinski definition) is 2. The molecule has 67 heavy (non-hydrogen) atoms. The summed E-state index contributed by atoms with van der Waals surface area (Å²) in [4.78, 5) is 4.70. The molecule has 0 radical (unpaired) electrons. The van der Waals surface area contributed by atoms with Crippen LogP contribution in [0.4, 0.5) is 0 Å². The summed E-state index contributed by atoms with van der Waals surface area (Å²) in [5.41, 5.74) is 6.32. The molecule has 0 atom stereocenters. The third kappa shape index (κ3) is 8.55. The van der Waals surface area contributed by atoms with Crippen molar-refractivity contribution in [3.63, 3.8) is 0 Å². The van der Waals surface area contributed by atoms with Crippen LogP contribution in [-0.2, 0) is 37.3 Å². The van der Waals surface area contributed by atoms with E-state index in [0.29, 0.717) is 33.6 Å². The van der Waals surface area contributed by atoms with Gasteiger partial charge >= 0.3 is 0 Å². The van der Waals surface area contributed by atoms with Crippen LogP contribution >= 0.6 is 0 Å². The molecule has 0 saturated carbocycles. The molecule has 3 aromatic heterocycles. The molecule has 3 heterocycles. The van der Waals surface area contributed by atoms with Crippen molar-refractivity contribution in [2.24, 2.45) is 0 Å². The number of ether oxygens (including phenoxy) is 1. The average Bonchev–Trinajstić information content (AvgIpc) is 3.93. The summed E-state index contributed by atoms with van der Waals surface area (Å²) in [6.45, 7) is 17.0. The van der Waals surface area contributed by atoms with Crippen LogP contribution < -0.4 is 9.30 Å². The summed E-state index contributed by atoms with van der Waals surface area (Å²) < 4.78 is 123. The molecule has 0 amide bonds. The molecule has 0 saturated heterocycles. The minimum Gasteiger partial charge on any atom is -0.510 e. The van der Waals surface area contributed by atoms with E-state index < -0.39 is 55.2 Å². The van der Waals surface area contributed by atoms with Crippen molar-refractivity contribution in [3.05, 3.63) is 198 Å². The maximum absolute atomic E-state index is 8.91. The first-order valence-corrected chi connectivity index (χ1v) is 21.9. The first-order chi connectivity index (χ1) is 36.9. The van der Waals surface area contributed by atoms with E-state index in [9.17, 15) is 0 Å². The van der Waals surface area contributed by atoms with Gasteiger partial charge in [0.25, 0.3) is 6.33 Å². The molecule has 0 fully saturated rings. The predicted molar refractivity (Wildman–Crippen MR) is 272 cm³/mol. The summed E-state index contributed by atoms with van der Waals surface area (Å²) in [7, 11) is 0. The van der Waals surface area contributed by atoms with Crippen LogP contribution in [0.1, 0.15) is 102 Å². The van der Waals surface area contributed by atoms with E-state index in [4.69, 9.17) is 27.5 Å². The molecule has 7 aromatic carbocycles. The third-order valence-corrected chi connectivity index (χ3v) is 11.9. The summed E-state index contributed by atoms with van der Waals surface area (Å²) in [5, 5.41) is 1.56. The molecular weight excluding hydrogens is 1000 g/mol. The second-order valence-electron chi connectivity index (χ2n) is 19.7. The fourth-order valence-electron chi connectivity index (χ4n) is 8.52. The molecule has 0 aliphatic heterocycles. The number of pyridine rings is 1. The van der Waals surface area contributed by atoms with Crippen LogP contribution in [0.5, 0.6) is 11.5 Å². The fraction of sp³-hybridized carbons (Fsp3) is 0.213. The summed E-state index contributed by atoms with van der Waals surface area (Å²) >= 11 is 0. The molecule has 6 heteroatoms. The van der Waals surface area contributed by atoms with E-state index >= 15 is 0 Å². The Hall–Kier alpha value is -6.55. The molecule has 0 unspecified atom stereocenters. The SMILES string of the molecule is [2H]c1c([2H])c([2H])c(-c2ccc3c(c2)n(-c2[c-]c(Oc4[c-]c5c(cc4)c4ccccc4n5-c4cc(C([2H])([2H])[2H])c(-c5c([2H])c([2H])c([2H])c([2H])c5[2H])cn4)ccc2)[c-][n+]3-c2c(C(C)(C)C)cc(C(C)(C)C)cc2C(C)(C)C)c([2H])c1[2H].[Pt]. The van der Waals surface area contributed by atoms with E-state index in [0.717, 1.165) is 33.1 Å². The smallest absolute Gasteiger partial charge is 0.268 e.